The molecule has 220 valence electrons. The van der Waals surface area contributed by atoms with Crippen molar-refractivity contribution in [3.63, 3.8) is 0 Å². The van der Waals surface area contributed by atoms with Crippen LogP contribution in [0.2, 0.25) is 5.02 Å². The molecule has 8 nitrogen and oxygen atoms in total. The minimum atomic E-state index is -4.22. The predicted octanol–water partition coefficient (Wildman–Crippen LogP) is 5.60. The molecule has 0 saturated heterocycles. The fourth-order valence-corrected chi connectivity index (χ4v) is 6.38. The van der Waals surface area contributed by atoms with Gasteiger partial charge in [0.25, 0.3) is 10.0 Å². The van der Waals surface area contributed by atoms with E-state index in [-0.39, 0.29) is 23.0 Å². The highest BCUT2D eigenvalue weighted by Gasteiger charge is 2.34. The highest BCUT2D eigenvalue weighted by Crippen LogP contribution is 2.33. The van der Waals surface area contributed by atoms with Crippen molar-refractivity contribution in [2.45, 2.75) is 49.6 Å². The lowest BCUT2D eigenvalue weighted by Crippen LogP contribution is -2.52. The average molecular weight is 618 g/mol. The van der Waals surface area contributed by atoms with Crippen LogP contribution >= 0.6 is 23.4 Å². The number of carbonyl (C=O) groups is 2. The Morgan fingerprint density at radius 1 is 0.976 bits per heavy atom. The second kappa shape index (κ2) is 15.1. The Labute approximate surface area is 252 Å². The van der Waals surface area contributed by atoms with Crippen molar-refractivity contribution < 1.29 is 22.7 Å². The van der Waals surface area contributed by atoms with Gasteiger partial charge in [0, 0.05) is 23.0 Å². The number of hydrogen-bond acceptors (Lipinski definition) is 6. The molecule has 0 radical (unpaired) electrons. The topological polar surface area (TPSA) is 96.0 Å². The molecule has 3 rings (SSSR count). The first kappa shape index (κ1) is 32.3. The zero-order valence-electron chi connectivity index (χ0n) is 23.7. The maximum atomic E-state index is 14.2. The van der Waals surface area contributed by atoms with E-state index in [2.05, 4.69) is 5.32 Å². The number of carbonyl (C=O) groups excluding carboxylic acids is 2. The first-order valence-electron chi connectivity index (χ1n) is 13.4. The third kappa shape index (κ3) is 7.96. The van der Waals surface area contributed by atoms with Crippen LogP contribution in [0.4, 0.5) is 5.69 Å². The summed E-state index contributed by atoms with van der Waals surface area (Å²) in [5.41, 5.74) is 0.863. The van der Waals surface area contributed by atoms with Gasteiger partial charge < -0.3 is 15.0 Å². The van der Waals surface area contributed by atoms with Crippen molar-refractivity contribution >= 4 is 50.9 Å². The number of likely N-dealkylation sites (N-methyl/N-ethyl adjacent to an activating group) is 1. The van der Waals surface area contributed by atoms with Crippen molar-refractivity contribution in [3.8, 4) is 5.75 Å². The molecule has 0 aliphatic heterocycles. The first-order chi connectivity index (χ1) is 19.7. The Bertz CT molecular complexity index is 1430. The summed E-state index contributed by atoms with van der Waals surface area (Å²) in [4.78, 5) is 29.6. The quantitative estimate of drug-likeness (QED) is 0.237. The summed E-state index contributed by atoms with van der Waals surface area (Å²) in [6, 6.07) is 19.4. The van der Waals surface area contributed by atoms with Crippen LogP contribution in [0, 0.1) is 0 Å². The second-order valence-electron chi connectivity index (χ2n) is 9.02. The number of amides is 2. The summed E-state index contributed by atoms with van der Waals surface area (Å²) < 4.78 is 35.1. The Kier molecular flexibility index (Phi) is 11.9. The fourth-order valence-electron chi connectivity index (χ4n) is 4.35. The number of nitrogens with zero attached hydrogens (tertiary/aromatic N) is 2. The molecular formula is C30H36ClN3O5S2. The van der Waals surface area contributed by atoms with Crippen molar-refractivity contribution in [3.05, 3.63) is 83.4 Å². The van der Waals surface area contributed by atoms with Crippen LogP contribution in [-0.4, -0.2) is 57.1 Å². The standard InChI is InChI=1S/C30H36ClN3O5S2/c1-5-26(30(36)32-6-2)33(20-22-12-8-9-13-25(22)31)29(35)21-34(27-14-10-11-15-28(27)39-7-3)41(37,38)24-18-16-23(40-4)17-19-24/h8-19,26H,5-7,20-21H2,1-4H3,(H,32,36)/t26-/m0/s1. The molecule has 3 aromatic rings. The molecule has 0 unspecified atom stereocenters. The van der Waals surface area contributed by atoms with Gasteiger partial charge in [0.2, 0.25) is 11.8 Å². The van der Waals surface area contributed by atoms with E-state index in [0.29, 0.717) is 35.9 Å². The van der Waals surface area contributed by atoms with Gasteiger partial charge in [-0.2, -0.15) is 0 Å². The van der Waals surface area contributed by atoms with Gasteiger partial charge in [-0.3, -0.25) is 13.9 Å². The highest BCUT2D eigenvalue weighted by molar-refractivity contribution is 7.98. The first-order valence-corrected chi connectivity index (χ1v) is 16.4. The maximum absolute atomic E-state index is 14.2. The molecule has 0 fully saturated rings. The minimum Gasteiger partial charge on any atom is -0.492 e. The Morgan fingerprint density at radius 2 is 1.63 bits per heavy atom. The minimum absolute atomic E-state index is 0.0254. The normalized spacial score (nSPS) is 11.9. The van der Waals surface area contributed by atoms with Crippen LogP contribution < -0.4 is 14.4 Å². The number of para-hydroxylation sites is 2. The number of halogens is 1. The third-order valence-electron chi connectivity index (χ3n) is 6.40. The molecule has 3 aromatic carbocycles. The zero-order valence-corrected chi connectivity index (χ0v) is 26.1. The van der Waals surface area contributed by atoms with E-state index in [0.717, 1.165) is 9.20 Å². The van der Waals surface area contributed by atoms with Crippen LogP contribution in [-0.2, 0) is 26.2 Å². The molecule has 0 spiro atoms. The van der Waals surface area contributed by atoms with Crippen LogP contribution in [0.1, 0.15) is 32.8 Å². The number of nitrogens with one attached hydrogen (secondary N) is 1. The molecule has 41 heavy (non-hydrogen) atoms. The number of sulfonamides is 1. The maximum Gasteiger partial charge on any atom is 0.264 e. The molecule has 0 bridgehead atoms. The van der Waals surface area contributed by atoms with Gasteiger partial charge in [-0.1, -0.05) is 48.9 Å². The van der Waals surface area contributed by atoms with Gasteiger partial charge in [-0.05, 0) is 74.6 Å². The lowest BCUT2D eigenvalue weighted by Gasteiger charge is -2.33. The van der Waals surface area contributed by atoms with Crippen molar-refractivity contribution in [1.82, 2.24) is 10.2 Å². The lowest BCUT2D eigenvalue weighted by molar-refractivity contribution is -0.140. The molecule has 0 heterocycles. The number of thioether (sulfide) groups is 1. The van der Waals surface area contributed by atoms with E-state index in [4.69, 9.17) is 16.3 Å². The van der Waals surface area contributed by atoms with Gasteiger partial charge in [0.15, 0.2) is 0 Å². The Balaban J connectivity index is 2.12. The predicted molar refractivity (Wildman–Crippen MR) is 165 cm³/mol. The van der Waals surface area contributed by atoms with E-state index in [1.165, 1.54) is 28.8 Å². The zero-order chi connectivity index (χ0) is 30.0. The van der Waals surface area contributed by atoms with Crippen LogP contribution in [0.25, 0.3) is 0 Å². The molecule has 1 atom stereocenters. The fraction of sp³-hybridized carbons (Fsp3) is 0.333. The van der Waals surface area contributed by atoms with E-state index in [1.807, 2.05) is 6.26 Å². The second-order valence-corrected chi connectivity index (χ2v) is 12.2. The SMILES string of the molecule is CCNC(=O)[C@H](CC)N(Cc1ccccc1Cl)C(=O)CN(c1ccccc1OCC)S(=O)(=O)c1ccc(SC)cc1. The molecule has 1 N–H and O–H groups in total. The molecule has 2 amide bonds. The van der Waals surface area contributed by atoms with Gasteiger partial charge in [0.05, 0.1) is 17.2 Å². The monoisotopic (exact) mass is 617 g/mol. The van der Waals surface area contributed by atoms with E-state index in [1.54, 1.807) is 81.4 Å². The van der Waals surface area contributed by atoms with Crippen molar-refractivity contribution in [1.29, 1.82) is 0 Å². The van der Waals surface area contributed by atoms with Crippen molar-refractivity contribution in [2.75, 3.05) is 30.3 Å². The number of benzene rings is 3. The molecule has 11 heteroatoms. The summed E-state index contributed by atoms with van der Waals surface area (Å²) >= 11 is 7.93. The number of anilines is 1. The van der Waals surface area contributed by atoms with Gasteiger partial charge in [-0.25, -0.2) is 8.42 Å². The van der Waals surface area contributed by atoms with Crippen LogP contribution in [0.5, 0.6) is 5.75 Å². The van der Waals surface area contributed by atoms with E-state index in [9.17, 15) is 18.0 Å². The summed E-state index contributed by atoms with van der Waals surface area (Å²) in [6.45, 7) is 5.55. The summed E-state index contributed by atoms with van der Waals surface area (Å²) in [5.74, 6) is -0.564. The molecular weight excluding hydrogens is 582 g/mol. The number of hydrogen-bond donors (Lipinski definition) is 1. The Hall–Kier alpha value is -3.21. The van der Waals surface area contributed by atoms with Crippen molar-refractivity contribution in [2.24, 2.45) is 0 Å². The Morgan fingerprint density at radius 3 is 2.24 bits per heavy atom. The average Bonchev–Trinajstić information content (AvgIpc) is 2.97. The van der Waals surface area contributed by atoms with Gasteiger partial charge in [0.1, 0.15) is 18.3 Å². The molecule has 0 saturated carbocycles. The molecule has 0 aliphatic carbocycles. The molecule has 0 aromatic heterocycles. The lowest BCUT2D eigenvalue weighted by atomic mass is 10.1. The van der Waals surface area contributed by atoms with Crippen LogP contribution in [0.3, 0.4) is 0 Å². The summed E-state index contributed by atoms with van der Waals surface area (Å²) in [6.07, 6.45) is 2.22. The van der Waals surface area contributed by atoms with Crippen LogP contribution in [0.15, 0.2) is 82.6 Å². The number of ether oxygens (including phenoxy) is 1. The smallest absolute Gasteiger partial charge is 0.264 e. The molecule has 0 aliphatic rings. The van der Waals surface area contributed by atoms with Gasteiger partial charge in [-0.15, -0.1) is 11.8 Å². The highest BCUT2D eigenvalue weighted by atomic mass is 35.5. The summed E-state index contributed by atoms with van der Waals surface area (Å²) in [7, 11) is -4.22. The van der Waals surface area contributed by atoms with E-state index < -0.39 is 28.5 Å². The third-order valence-corrected chi connectivity index (χ3v) is 9.28. The number of rotatable bonds is 14. The summed E-state index contributed by atoms with van der Waals surface area (Å²) in [5, 5.41) is 3.23. The van der Waals surface area contributed by atoms with Gasteiger partial charge >= 0.3 is 0 Å². The largest absolute Gasteiger partial charge is 0.492 e. The van der Waals surface area contributed by atoms with E-state index >= 15 is 0 Å².